The number of hydrogen-bond donors (Lipinski definition) is 1. The van der Waals surface area contributed by atoms with Crippen LogP contribution in [0.3, 0.4) is 0 Å². The van der Waals surface area contributed by atoms with E-state index >= 15 is 0 Å². The van der Waals surface area contributed by atoms with Crippen LogP contribution in [0.1, 0.15) is 50.7 Å². The Kier molecular flexibility index (Phi) is 4.82. The quantitative estimate of drug-likeness (QED) is 0.852. The summed E-state index contributed by atoms with van der Waals surface area (Å²) in [5, 5.41) is 10.1. The number of hydrogen-bond acceptors (Lipinski definition) is 1. The van der Waals surface area contributed by atoms with Crippen molar-refractivity contribution in [1.29, 1.82) is 0 Å². The van der Waals surface area contributed by atoms with Crippen LogP contribution >= 0.6 is 0 Å². The van der Waals surface area contributed by atoms with Gasteiger partial charge in [0.1, 0.15) is 0 Å². The van der Waals surface area contributed by atoms with Crippen LogP contribution in [0.25, 0.3) is 0 Å². The van der Waals surface area contributed by atoms with Gasteiger partial charge in [0.05, 0.1) is 6.10 Å². The normalized spacial score (nSPS) is 28.3. The second-order valence-corrected chi connectivity index (χ2v) is 5.79. The fraction of sp³-hybridized carbons (Fsp3) is 0.647. The first-order valence-electron chi connectivity index (χ1n) is 7.48. The molecule has 1 fully saturated rings. The molecule has 100 valence electrons. The Labute approximate surface area is 111 Å². The summed E-state index contributed by atoms with van der Waals surface area (Å²) in [6.45, 7) is 4.46. The molecule has 1 aromatic rings. The Balaban J connectivity index is 1.97. The SMILES string of the molecule is CCc1ccc(CC2CC(CC)CCC2O)cc1. The molecule has 0 radical (unpaired) electrons. The van der Waals surface area contributed by atoms with Crippen molar-refractivity contribution < 1.29 is 5.11 Å². The molecule has 0 aliphatic heterocycles. The van der Waals surface area contributed by atoms with Crippen molar-refractivity contribution in [2.75, 3.05) is 0 Å². The number of aliphatic hydroxyl groups excluding tert-OH is 1. The molecule has 1 aliphatic carbocycles. The summed E-state index contributed by atoms with van der Waals surface area (Å²) in [5.41, 5.74) is 2.78. The summed E-state index contributed by atoms with van der Waals surface area (Å²) in [4.78, 5) is 0. The molecule has 0 amide bonds. The molecule has 1 heteroatoms. The Bertz CT molecular complexity index is 354. The van der Waals surface area contributed by atoms with Gasteiger partial charge in [-0.25, -0.2) is 0 Å². The Morgan fingerprint density at radius 1 is 1.06 bits per heavy atom. The molecule has 1 nitrogen and oxygen atoms in total. The second kappa shape index (κ2) is 6.38. The Morgan fingerprint density at radius 2 is 1.72 bits per heavy atom. The molecule has 1 N–H and O–H groups in total. The van der Waals surface area contributed by atoms with Crippen molar-refractivity contribution in [2.24, 2.45) is 11.8 Å². The van der Waals surface area contributed by atoms with E-state index < -0.39 is 0 Å². The van der Waals surface area contributed by atoms with Crippen LogP contribution in [0.15, 0.2) is 24.3 Å². The van der Waals surface area contributed by atoms with Crippen LogP contribution in [-0.4, -0.2) is 11.2 Å². The fourth-order valence-electron chi connectivity index (χ4n) is 3.15. The summed E-state index contributed by atoms with van der Waals surface area (Å²) < 4.78 is 0. The second-order valence-electron chi connectivity index (χ2n) is 5.79. The van der Waals surface area contributed by atoms with Crippen molar-refractivity contribution in [3.05, 3.63) is 35.4 Å². The first-order valence-corrected chi connectivity index (χ1v) is 7.48. The lowest BCUT2D eigenvalue weighted by molar-refractivity contribution is 0.0475. The first kappa shape index (κ1) is 13.6. The van der Waals surface area contributed by atoms with Gasteiger partial charge in [-0.05, 0) is 55.1 Å². The van der Waals surface area contributed by atoms with Gasteiger partial charge in [-0.2, -0.15) is 0 Å². The molecule has 1 aliphatic rings. The van der Waals surface area contributed by atoms with E-state index in [1.54, 1.807) is 0 Å². The molecule has 0 aromatic heterocycles. The summed E-state index contributed by atoms with van der Waals surface area (Å²) >= 11 is 0. The summed E-state index contributed by atoms with van der Waals surface area (Å²) in [6, 6.07) is 8.92. The van der Waals surface area contributed by atoms with Gasteiger partial charge in [0.25, 0.3) is 0 Å². The van der Waals surface area contributed by atoms with E-state index in [0.717, 1.165) is 25.2 Å². The predicted molar refractivity (Wildman–Crippen MR) is 76.7 cm³/mol. The predicted octanol–water partition coefficient (Wildman–Crippen LogP) is 3.98. The molecular formula is C17H26O. The van der Waals surface area contributed by atoms with Crippen molar-refractivity contribution in [2.45, 2.75) is 58.5 Å². The van der Waals surface area contributed by atoms with E-state index in [0.29, 0.717) is 5.92 Å². The molecule has 0 bridgehead atoms. The van der Waals surface area contributed by atoms with Crippen LogP contribution in [0, 0.1) is 11.8 Å². The molecule has 18 heavy (non-hydrogen) atoms. The molecule has 2 rings (SSSR count). The molecule has 1 saturated carbocycles. The zero-order chi connectivity index (χ0) is 13.0. The fourth-order valence-corrected chi connectivity index (χ4v) is 3.15. The lowest BCUT2D eigenvalue weighted by atomic mass is 9.76. The highest BCUT2D eigenvalue weighted by Crippen LogP contribution is 2.33. The highest BCUT2D eigenvalue weighted by molar-refractivity contribution is 5.23. The summed E-state index contributed by atoms with van der Waals surface area (Å²) in [5.74, 6) is 1.30. The minimum absolute atomic E-state index is 0.0846. The Hall–Kier alpha value is -0.820. The number of rotatable bonds is 4. The highest BCUT2D eigenvalue weighted by atomic mass is 16.3. The largest absolute Gasteiger partial charge is 0.393 e. The maximum Gasteiger partial charge on any atom is 0.0571 e. The lowest BCUT2D eigenvalue weighted by Gasteiger charge is -2.33. The third-order valence-corrected chi connectivity index (χ3v) is 4.56. The van der Waals surface area contributed by atoms with Crippen LogP contribution < -0.4 is 0 Å². The summed E-state index contributed by atoms with van der Waals surface area (Å²) in [6.07, 6.45) is 6.73. The first-order chi connectivity index (χ1) is 8.72. The van der Waals surface area contributed by atoms with Gasteiger partial charge in [0.2, 0.25) is 0 Å². The summed E-state index contributed by atoms with van der Waals surface area (Å²) in [7, 11) is 0. The zero-order valence-corrected chi connectivity index (χ0v) is 11.7. The van der Waals surface area contributed by atoms with Gasteiger partial charge in [0.15, 0.2) is 0 Å². The van der Waals surface area contributed by atoms with Crippen molar-refractivity contribution in [3.63, 3.8) is 0 Å². The van der Waals surface area contributed by atoms with Gasteiger partial charge in [0, 0.05) is 0 Å². The van der Waals surface area contributed by atoms with Gasteiger partial charge in [-0.15, -0.1) is 0 Å². The average molecular weight is 246 g/mol. The third-order valence-electron chi connectivity index (χ3n) is 4.56. The smallest absolute Gasteiger partial charge is 0.0571 e. The molecule has 3 unspecified atom stereocenters. The van der Waals surface area contributed by atoms with Gasteiger partial charge >= 0.3 is 0 Å². The molecule has 1 aromatic carbocycles. The monoisotopic (exact) mass is 246 g/mol. The van der Waals surface area contributed by atoms with Crippen LogP contribution in [0.5, 0.6) is 0 Å². The standard InChI is InChI=1S/C17H26O/c1-3-13-5-7-15(8-6-13)12-16-11-14(4-2)9-10-17(16)18/h5-8,14,16-18H,3-4,9-12H2,1-2H3. The topological polar surface area (TPSA) is 20.2 Å². The van der Waals surface area contributed by atoms with E-state index in [-0.39, 0.29) is 6.10 Å². The van der Waals surface area contributed by atoms with Crippen molar-refractivity contribution >= 4 is 0 Å². The van der Waals surface area contributed by atoms with Crippen LogP contribution in [-0.2, 0) is 12.8 Å². The van der Waals surface area contributed by atoms with Gasteiger partial charge in [-0.3, -0.25) is 0 Å². The van der Waals surface area contributed by atoms with E-state index in [1.165, 1.54) is 30.4 Å². The van der Waals surface area contributed by atoms with E-state index in [1.807, 2.05) is 0 Å². The molecule has 0 spiro atoms. The van der Waals surface area contributed by atoms with Crippen LogP contribution in [0.4, 0.5) is 0 Å². The Morgan fingerprint density at radius 3 is 2.33 bits per heavy atom. The molecular weight excluding hydrogens is 220 g/mol. The maximum atomic E-state index is 10.1. The number of benzene rings is 1. The minimum atomic E-state index is -0.0846. The zero-order valence-electron chi connectivity index (χ0n) is 11.7. The average Bonchev–Trinajstić information content (AvgIpc) is 2.42. The van der Waals surface area contributed by atoms with Gasteiger partial charge < -0.3 is 5.11 Å². The highest BCUT2D eigenvalue weighted by Gasteiger charge is 2.28. The van der Waals surface area contributed by atoms with Crippen molar-refractivity contribution in [1.82, 2.24) is 0 Å². The maximum absolute atomic E-state index is 10.1. The molecule has 0 saturated heterocycles. The number of aliphatic hydroxyl groups is 1. The van der Waals surface area contributed by atoms with Crippen LogP contribution in [0.2, 0.25) is 0 Å². The molecule has 0 heterocycles. The van der Waals surface area contributed by atoms with E-state index in [4.69, 9.17) is 0 Å². The van der Waals surface area contributed by atoms with Gasteiger partial charge in [-0.1, -0.05) is 44.5 Å². The number of aryl methyl sites for hydroxylation is 1. The lowest BCUT2D eigenvalue weighted by Crippen LogP contribution is -2.30. The van der Waals surface area contributed by atoms with E-state index in [9.17, 15) is 5.11 Å². The molecule has 3 atom stereocenters. The van der Waals surface area contributed by atoms with E-state index in [2.05, 4.69) is 38.1 Å². The van der Waals surface area contributed by atoms with Crippen molar-refractivity contribution in [3.8, 4) is 0 Å². The minimum Gasteiger partial charge on any atom is -0.393 e. The third kappa shape index (κ3) is 3.35.